The summed E-state index contributed by atoms with van der Waals surface area (Å²) in [7, 11) is 0. The van der Waals surface area contributed by atoms with Gasteiger partial charge >= 0.3 is 0 Å². The lowest BCUT2D eigenvalue weighted by atomic mass is 10.1. The molecule has 2 rings (SSSR count). The van der Waals surface area contributed by atoms with Crippen LogP contribution in [0.5, 0.6) is 0 Å². The molecule has 1 N–H and O–H groups in total. The van der Waals surface area contributed by atoms with Crippen LogP contribution >= 0.6 is 11.8 Å². The van der Waals surface area contributed by atoms with E-state index < -0.39 is 0 Å². The highest BCUT2D eigenvalue weighted by Gasteiger charge is 2.22. The minimum absolute atomic E-state index is 0.454. The minimum Gasteiger partial charge on any atom is -0.339 e. The second-order valence-electron chi connectivity index (χ2n) is 5.15. The first-order valence-electron chi connectivity index (χ1n) is 7.51. The predicted molar refractivity (Wildman–Crippen MR) is 79.4 cm³/mol. The molecule has 2 unspecified atom stereocenters. The van der Waals surface area contributed by atoms with Gasteiger partial charge < -0.3 is 9.84 Å². The van der Waals surface area contributed by atoms with Gasteiger partial charge in [0.25, 0.3) is 0 Å². The monoisotopic (exact) mass is 283 g/mol. The largest absolute Gasteiger partial charge is 0.339 e. The van der Waals surface area contributed by atoms with E-state index in [9.17, 15) is 0 Å². The molecule has 1 saturated heterocycles. The Hall–Kier alpha value is -0.550. The average molecular weight is 283 g/mol. The van der Waals surface area contributed by atoms with Gasteiger partial charge in [-0.05, 0) is 31.6 Å². The van der Waals surface area contributed by atoms with Crippen molar-refractivity contribution >= 4 is 11.8 Å². The zero-order valence-electron chi connectivity index (χ0n) is 12.0. The van der Waals surface area contributed by atoms with Crippen molar-refractivity contribution in [2.45, 2.75) is 63.7 Å². The van der Waals surface area contributed by atoms with Gasteiger partial charge in [-0.3, -0.25) is 0 Å². The van der Waals surface area contributed by atoms with E-state index in [0.29, 0.717) is 11.3 Å². The predicted octanol–water partition coefficient (Wildman–Crippen LogP) is 3.35. The molecule has 2 atom stereocenters. The summed E-state index contributed by atoms with van der Waals surface area (Å²) in [5, 5.41) is 8.12. The maximum absolute atomic E-state index is 5.43. The SMILES string of the molecule is CCCC(Cc1nc(C2CCCCS2)no1)NCC. The molecular weight excluding hydrogens is 258 g/mol. The van der Waals surface area contributed by atoms with Gasteiger partial charge in [-0.1, -0.05) is 31.8 Å². The van der Waals surface area contributed by atoms with Crippen LogP contribution in [0.2, 0.25) is 0 Å². The number of aromatic nitrogens is 2. The standard InChI is InChI=1S/C14H25N3OS/c1-3-7-11(15-4-2)10-13-16-14(17-18-13)12-8-5-6-9-19-12/h11-12,15H,3-10H2,1-2H3. The van der Waals surface area contributed by atoms with E-state index in [4.69, 9.17) is 4.52 Å². The van der Waals surface area contributed by atoms with E-state index >= 15 is 0 Å². The van der Waals surface area contributed by atoms with Crippen molar-refractivity contribution < 1.29 is 4.52 Å². The van der Waals surface area contributed by atoms with Crippen LogP contribution in [0.25, 0.3) is 0 Å². The third-order valence-corrected chi connectivity index (χ3v) is 4.88. The molecule has 0 spiro atoms. The van der Waals surface area contributed by atoms with Crippen molar-refractivity contribution in [3.8, 4) is 0 Å². The Balaban J connectivity index is 1.91. The van der Waals surface area contributed by atoms with Crippen molar-refractivity contribution in [2.24, 2.45) is 0 Å². The molecule has 4 nitrogen and oxygen atoms in total. The smallest absolute Gasteiger partial charge is 0.228 e. The summed E-state index contributed by atoms with van der Waals surface area (Å²) in [5.74, 6) is 2.93. The number of nitrogens with zero attached hydrogens (tertiary/aromatic N) is 2. The van der Waals surface area contributed by atoms with Crippen LogP contribution in [0.3, 0.4) is 0 Å². The fraction of sp³-hybridized carbons (Fsp3) is 0.857. The fourth-order valence-electron chi connectivity index (χ4n) is 2.55. The van der Waals surface area contributed by atoms with Crippen molar-refractivity contribution in [2.75, 3.05) is 12.3 Å². The van der Waals surface area contributed by atoms with Gasteiger partial charge in [0.15, 0.2) is 5.82 Å². The van der Waals surface area contributed by atoms with Crippen LogP contribution in [0, 0.1) is 0 Å². The first-order valence-corrected chi connectivity index (χ1v) is 8.55. The number of thioether (sulfide) groups is 1. The zero-order chi connectivity index (χ0) is 13.5. The molecule has 1 aliphatic heterocycles. The van der Waals surface area contributed by atoms with Crippen LogP contribution in [0.15, 0.2) is 4.52 Å². The summed E-state index contributed by atoms with van der Waals surface area (Å²) in [5.41, 5.74) is 0. The van der Waals surface area contributed by atoms with E-state index in [-0.39, 0.29) is 0 Å². The van der Waals surface area contributed by atoms with Crippen LogP contribution in [-0.4, -0.2) is 28.5 Å². The maximum Gasteiger partial charge on any atom is 0.228 e. The Labute approximate surface area is 120 Å². The number of rotatable bonds is 7. The molecule has 108 valence electrons. The third-order valence-electron chi connectivity index (χ3n) is 3.50. The summed E-state index contributed by atoms with van der Waals surface area (Å²) < 4.78 is 5.43. The van der Waals surface area contributed by atoms with Crippen LogP contribution < -0.4 is 5.32 Å². The van der Waals surface area contributed by atoms with Gasteiger partial charge in [0.1, 0.15) is 0 Å². The fourth-order valence-corrected chi connectivity index (χ4v) is 3.78. The van der Waals surface area contributed by atoms with E-state index in [1.54, 1.807) is 0 Å². The lowest BCUT2D eigenvalue weighted by Crippen LogP contribution is -2.30. The summed E-state index contributed by atoms with van der Waals surface area (Å²) in [6.07, 6.45) is 6.99. The minimum atomic E-state index is 0.454. The number of likely N-dealkylation sites (N-methyl/N-ethyl adjacent to an activating group) is 1. The highest BCUT2D eigenvalue weighted by atomic mass is 32.2. The van der Waals surface area contributed by atoms with E-state index in [0.717, 1.165) is 31.1 Å². The number of hydrogen-bond donors (Lipinski definition) is 1. The molecule has 0 amide bonds. The van der Waals surface area contributed by atoms with Crippen LogP contribution in [-0.2, 0) is 6.42 Å². The number of hydrogen-bond acceptors (Lipinski definition) is 5. The molecule has 0 aromatic carbocycles. The molecule has 0 aliphatic carbocycles. The van der Waals surface area contributed by atoms with E-state index in [1.165, 1.54) is 31.4 Å². The lowest BCUT2D eigenvalue weighted by molar-refractivity contribution is 0.348. The highest BCUT2D eigenvalue weighted by Crippen LogP contribution is 2.36. The molecule has 1 aromatic heterocycles. The van der Waals surface area contributed by atoms with Crippen LogP contribution in [0.4, 0.5) is 0 Å². The second-order valence-corrected chi connectivity index (χ2v) is 6.46. The summed E-state index contributed by atoms with van der Waals surface area (Å²) in [4.78, 5) is 4.60. The molecule has 2 heterocycles. The van der Waals surface area contributed by atoms with Crippen LogP contribution in [0.1, 0.15) is 62.9 Å². The molecule has 1 fully saturated rings. The van der Waals surface area contributed by atoms with Gasteiger partial charge in [-0.15, -0.1) is 0 Å². The van der Waals surface area contributed by atoms with Crippen molar-refractivity contribution in [3.63, 3.8) is 0 Å². The Morgan fingerprint density at radius 2 is 2.32 bits per heavy atom. The summed E-state index contributed by atoms with van der Waals surface area (Å²) in [6, 6.07) is 0.460. The van der Waals surface area contributed by atoms with Crippen molar-refractivity contribution in [1.82, 2.24) is 15.5 Å². The Morgan fingerprint density at radius 3 is 3.00 bits per heavy atom. The maximum atomic E-state index is 5.43. The lowest BCUT2D eigenvalue weighted by Gasteiger charge is -2.17. The van der Waals surface area contributed by atoms with Crippen molar-refractivity contribution in [3.05, 3.63) is 11.7 Å². The highest BCUT2D eigenvalue weighted by molar-refractivity contribution is 7.99. The van der Waals surface area contributed by atoms with Crippen molar-refractivity contribution in [1.29, 1.82) is 0 Å². The Bertz CT molecular complexity index is 357. The van der Waals surface area contributed by atoms with Gasteiger partial charge in [0.05, 0.1) is 5.25 Å². The Morgan fingerprint density at radius 1 is 1.42 bits per heavy atom. The molecule has 1 aromatic rings. The molecule has 0 saturated carbocycles. The average Bonchev–Trinajstić information content (AvgIpc) is 2.89. The summed E-state index contributed by atoms with van der Waals surface area (Å²) in [6.45, 7) is 5.34. The van der Waals surface area contributed by atoms with Gasteiger partial charge in [-0.25, -0.2) is 0 Å². The normalized spacial score (nSPS) is 21.5. The molecule has 5 heteroatoms. The first kappa shape index (κ1) is 14.9. The first-order chi connectivity index (χ1) is 9.33. The molecular formula is C14H25N3OS. The quantitative estimate of drug-likeness (QED) is 0.831. The molecule has 1 aliphatic rings. The molecule has 0 bridgehead atoms. The third kappa shape index (κ3) is 4.49. The van der Waals surface area contributed by atoms with Gasteiger partial charge in [0, 0.05) is 12.5 Å². The van der Waals surface area contributed by atoms with E-state index in [2.05, 4.69) is 29.3 Å². The zero-order valence-corrected chi connectivity index (χ0v) is 12.8. The topological polar surface area (TPSA) is 51.0 Å². The molecule has 0 radical (unpaired) electrons. The van der Waals surface area contributed by atoms with Gasteiger partial charge in [-0.2, -0.15) is 16.7 Å². The molecule has 19 heavy (non-hydrogen) atoms. The van der Waals surface area contributed by atoms with Gasteiger partial charge in [0.2, 0.25) is 5.89 Å². The Kier molecular flexibility index (Phi) is 6.17. The summed E-state index contributed by atoms with van der Waals surface area (Å²) >= 11 is 1.97. The van der Waals surface area contributed by atoms with E-state index in [1.807, 2.05) is 11.8 Å². The second kappa shape index (κ2) is 7.90. The number of nitrogens with one attached hydrogen (secondary N) is 1.